The highest BCUT2D eigenvalue weighted by Crippen LogP contribution is 2.22. The molecule has 5 nitrogen and oxygen atoms in total. The van der Waals surface area contributed by atoms with Crippen molar-refractivity contribution >= 4 is 15.9 Å². The first-order valence-electron chi connectivity index (χ1n) is 6.23. The molecule has 0 aliphatic carbocycles. The van der Waals surface area contributed by atoms with Gasteiger partial charge >= 0.3 is 0 Å². The van der Waals surface area contributed by atoms with Crippen molar-refractivity contribution < 1.29 is 18.3 Å². The van der Waals surface area contributed by atoms with Crippen LogP contribution in [0.5, 0.6) is 0 Å². The molecular formula is C13H24NO4S-. The van der Waals surface area contributed by atoms with Gasteiger partial charge in [-0.3, -0.25) is 0 Å². The van der Waals surface area contributed by atoms with E-state index in [1.807, 2.05) is 13.8 Å². The molecule has 112 valence electrons. The Kier molecular flexibility index (Phi) is 6.06. The van der Waals surface area contributed by atoms with Gasteiger partial charge in [0, 0.05) is 17.2 Å². The highest BCUT2D eigenvalue weighted by Gasteiger charge is 2.28. The number of sulfone groups is 1. The molecule has 0 bridgehead atoms. The van der Waals surface area contributed by atoms with Gasteiger partial charge in [0.15, 0.2) is 9.84 Å². The van der Waals surface area contributed by atoms with Crippen molar-refractivity contribution in [3.05, 3.63) is 11.5 Å². The van der Waals surface area contributed by atoms with Crippen molar-refractivity contribution in [1.82, 2.24) is 4.90 Å². The molecule has 0 aromatic carbocycles. The molecule has 0 unspecified atom stereocenters. The molecule has 0 aliphatic rings. The number of rotatable bonds is 5. The maximum atomic E-state index is 11.3. The fraction of sp³-hybridized carbons (Fsp3) is 0.769. The Morgan fingerprint density at radius 2 is 1.79 bits per heavy atom. The number of nitrogens with zero attached hydrogens (tertiary/aromatic N) is 1. The summed E-state index contributed by atoms with van der Waals surface area (Å²) in [4.78, 5) is 12.5. The summed E-state index contributed by atoms with van der Waals surface area (Å²) >= 11 is 0. The van der Waals surface area contributed by atoms with Crippen LogP contribution >= 0.6 is 0 Å². The Balaban J connectivity index is 5.44. The van der Waals surface area contributed by atoms with E-state index in [1.165, 1.54) is 11.0 Å². The van der Waals surface area contributed by atoms with Crippen LogP contribution in [0.15, 0.2) is 11.5 Å². The summed E-state index contributed by atoms with van der Waals surface area (Å²) in [7, 11) is -3.28. The lowest BCUT2D eigenvalue weighted by Crippen LogP contribution is -2.56. The summed E-state index contributed by atoms with van der Waals surface area (Å²) < 4.78 is 22.4. The highest BCUT2D eigenvalue weighted by atomic mass is 32.2. The lowest BCUT2D eigenvalue weighted by molar-refractivity contribution is -0.272. The van der Waals surface area contributed by atoms with Gasteiger partial charge in [0.2, 0.25) is 0 Å². The maximum absolute atomic E-state index is 11.3. The first kappa shape index (κ1) is 18.0. The molecule has 0 heterocycles. The SMILES string of the molecule is CC(C)C[C@@H](C=CS(C)(=O)=O)N(C(=O)[O-])C(C)(C)C. The molecule has 0 aromatic heterocycles. The number of hydrogen-bond acceptors (Lipinski definition) is 4. The summed E-state index contributed by atoms with van der Waals surface area (Å²) in [5, 5.41) is 12.4. The van der Waals surface area contributed by atoms with Gasteiger partial charge in [0.1, 0.15) is 6.09 Å². The van der Waals surface area contributed by atoms with Gasteiger partial charge in [-0.05, 0) is 33.1 Å². The topological polar surface area (TPSA) is 77.5 Å². The molecule has 19 heavy (non-hydrogen) atoms. The van der Waals surface area contributed by atoms with Gasteiger partial charge < -0.3 is 14.8 Å². The zero-order valence-electron chi connectivity index (χ0n) is 12.5. The second-order valence-corrected chi connectivity index (χ2v) is 8.09. The monoisotopic (exact) mass is 290 g/mol. The molecule has 0 fully saturated rings. The quantitative estimate of drug-likeness (QED) is 0.767. The summed E-state index contributed by atoms with van der Waals surface area (Å²) in [6.07, 6.45) is 1.75. The van der Waals surface area contributed by atoms with Crippen LogP contribution in [-0.2, 0) is 9.84 Å². The predicted molar refractivity (Wildman–Crippen MR) is 74.2 cm³/mol. The normalized spacial score (nSPS) is 14.9. The minimum Gasteiger partial charge on any atom is -0.530 e. The summed E-state index contributed by atoms with van der Waals surface area (Å²) in [6.45, 7) is 9.17. The molecule has 0 saturated heterocycles. The molecule has 0 spiro atoms. The van der Waals surface area contributed by atoms with E-state index in [9.17, 15) is 18.3 Å². The third-order valence-corrected chi connectivity index (χ3v) is 3.16. The minimum absolute atomic E-state index is 0.235. The fourth-order valence-corrected chi connectivity index (χ4v) is 2.36. The van der Waals surface area contributed by atoms with Gasteiger partial charge in [-0.15, -0.1) is 0 Å². The van der Waals surface area contributed by atoms with Gasteiger partial charge in [0.05, 0.1) is 6.04 Å². The Labute approximate surface area is 116 Å². The second kappa shape index (κ2) is 6.41. The molecule has 0 aliphatic heterocycles. The van der Waals surface area contributed by atoms with Crippen molar-refractivity contribution in [1.29, 1.82) is 0 Å². The molecule has 6 heteroatoms. The molecule has 0 saturated carbocycles. The van der Waals surface area contributed by atoms with E-state index in [4.69, 9.17) is 0 Å². The van der Waals surface area contributed by atoms with Crippen LogP contribution in [0.3, 0.4) is 0 Å². The maximum Gasteiger partial charge on any atom is 0.168 e. The van der Waals surface area contributed by atoms with E-state index in [0.29, 0.717) is 6.42 Å². The lowest BCUT2D eigenvalue weighted by Gasteiger charge is -2.43. The van der Waals surface area contributed by atoms with Crippen molar-refractivity contribution in [2.24, 2.45) is 5.92 Å². The number of carbonyl (C=O) groups is 1. The predicted octanol–water partition coefficient (Wildman–Crippen LogP) is 1.40. The molecule has 0 aromatic rings. The minimum atomic E-state index is -3.28. The van der Waals surface area contributed by atoms with Gasteiger partial charge in [-0.25, -0.2) is 8.42 Å². The van der Waals surface area contributed by atoms with Gasteiger partial charge in [-0.2, -0.15) is 0 Å². The van der Waals surface area contributed by atoms with E-state index >= 15 is 0 Å². The first-order chi connectivity index (χ1) is 8.34. The molecule has 1 atom stereocenters. The lowest BCUT2D eigenvalue weighted by atomic mass is 9.97. The summed E-state index contributed by atoms with van der Waals surface area (Å²) in [5.41, 5.74) is -0.653. The molecule has 0 radical (unpaired) electrons. The zero-order valence-corrected chi connectivity index (χ0v) is 13.3. The number of hydrogen-bond donors (Lipinski definition) is 0. The summed E-state index contributed by atoms with van der Waals surface area (Å²) in [5.74, 6) is 0.235. The van der Waals surface area contributed by atoms with E-state index in [1.54, 1.807) is 20.8 Å². The van der Waals surface area contributed by atoms with E-state index in [-0.39, 0.29) is 5.92 Å². The Bertz CT molecular complexity index is 432. The van der Waals surface area contributed by atoms with Crippen LogP contribution in [0, 0.1) is 5.92 Å². The average Bonchev–Trinajstić information content (AvgIpc) is 2.08. The summed E-state index contributed by atoms with van der Waals surface area (Å²) in [6, 6.07) is -0.514. The van der Waals surface area contributed by atoms with Crippen LogP contribution in [-0.4, -0.2) is 37.2 Å². The van der Waals surface area contributed by atoms with Crippen molar-refractivity contribution in [3.8, 4) is 0 Å². The Hall–Kier alpha value is -1.04. The Morgan fingerprint density at radius 1 is 1.32 bits per heavy atom. The number of carbonyl (C=O) groups excluding carboxylic acids is 1. The zero-order chi connectivity index (χ0) is 15.4. The fourth-order valence-electron chi connectivity index (χ4n) is 1.89. The molecule has 0 N–H and O–H groups in total. The van der Waals surface area contributed by atoms with Crippen molar-refractivity contribution in [2.75, 3.05) is 6.26 Å². The number of amides is 1. The van der Waals surface area contributed by atoms with Crippen LogP contribution < -0.4 is 5.11 Å². The largest absolute Gasteiger partial charge is 0.530 e. The average molecular weight is 290 g/mol. The standard InChI is InChI=1S/C13H25NO4S/c1-10(2)9-11(7-8-19(6,17)18)14(12(15)16)13(3,4)5/h7-8,10-11H,9H2,1-6H3,(H,15,16)/p-1/t11-/m1/s1. The highest BCUT2D eigenvalue weighted by molar-refractivity contribution is 7.93. The molecule has 1 amide bonds. The van der Waals surface area contributed by atoms with Gasteiger partial charge in [0.25, 0.3) is 0 Å². The van der Waals surface area contributed by atoms with E-state index in [2.05, 4.69) is 0 Å². The van der Waals surface area contributed by atoms with Gasteiger partial charge in [-0.1, -0.05) is 19.9 Å². The second-order valence-electron chi connectivity index (χ2n) is 6.16. The third kappa shape index (κ3) is 7.20. The number of carboxylic acid groups (broad SMARTS) is 1. The van der Waals surface area contributed by atoms with E-state index < -0.39 is 27.5 Å². The smallest absolute Gasteiger partial charge is 0.168 e. The van der Waals surface area contributed by atoms with Crippen molar-refractivity contribution in [2.45, 2.75) is 52.6 Å². The van der Waals surface area contributed by atoms with Crippen LogP contribution in [0.2, 0.25) is 0 Å². The van der Waals surface area contributed by atoms with Crippen LogP contribution in [0.1, 0.15) is 41.0 Å². The Morgan fingerprint density at radius 3 is 2.05 bits per heavy atom. The van der Waals surface area contributed by atoms with Crippen LogP contribution in [0.4, 0.5) is 4.79 Å². The van der Waals surface area contributed by atoms with Crippen LogP contribution in [0.25, 0.3) is 0 Å². The van der Waals surface area contributed by atoms with E-state index in [0.717, 1.165) is 11.7 Å². The third-order valence-electron chi connectivity index (χ3n) is 2.51. The van der Waals surface area contributed by atoms with Crippen molar-refractivity contribution in [3.63, 3.8) is 0 Å². The first-order valence-corrected chi connectivity index (χ1v) is 8.18. The molecule has 0 rings (SSSR count). The molecular weight excluding hydrogens is 266 g/mol.